The molecule has 5 unspecified atom stereocenters. The van der Waals surface area contributed by atoms with E-state index >= 15 is 0 Å². The second-order valence-corrected chi connectivity index (χ2v) is 7.71. The van der Waals surface area contributed by atoms with Crippen LogP contribution in [0.15, 0.2) is 0 Å². The molecule has 2 saturated carbocycles. The lowest BCUT2D eigenvalue weighted by Crippen LogP contribution is -2.42. The van der Waals surface area contributed by atoms with Crippen LogP contribution in [0.5, 0.6) is 0 Å². The number of rotatable bonds is 6. The molecule has 0 aromatic heterocycles. The van der Waals surface area contributed by atoms with Crippen LogP contribution in [0.25, 0.3) is 0 Å². The first-order valence-corrected chi connectivity index (χ1v) is 8.15. The molecule has 2 bridgehead atoms. The van der Waals surface area contributed by atoms with E-state index in [1.807, 2.05) is 0 Å². The number of likely N-dealkylation sites (N-methyl/N-ethyl adjacent to an activating group) is 1. The molecule has 0 aromatic rings. The predicted molar refractivity (Wildman–Crippen MR) is 81.3 cm³/mol. The Hall–Kier alpha value is -0.0800. The fraction of sp³-hybridized carbons (Fsp3) is 1.00. The van der Waals surface area contributed by atoms with E-state index in [2.05, 4.69) is 47.0 Å². The summed E-state index contributed by atoms with van der Waals surface area (Å²) >= 11 is 0. The Kier molecular flexibility index (Phi) is 4.32. The van der Waals surface area contributed by atoms with Crippen molar-refractivity contribution in [3.63, 3.8) is 0 Å². The lowest BCUT2D eigenvalue weighted by atomic mass is 9.70. The van der Waals surface area contributed by atoms with Gasteiger partial charge >= 0.3 is 0 Å². The van der Waals surface area contributed by atoms with Gasteiger partial charge in [0.15, 0.2) is 0 Å². The highest BCUT2D eigenvalue weighted by Crippen LogP contribution is 2.66. The zero-order valence-electron chi connectivity index (χ0n) is 13.8. The molecule has 5 atom stereocenters. The van der Waals surface area contributed by atoms with Gasteiger partial charge < -0.3 is 10.1 Å². The largest absolute Gasteiger partial charge is 0.376 e. The van der Waals surface area contributed by atoms with E-state index < -0.39 is 0 Å². The maximum atomic E-state index is 6.39. The van der Waals surface area contributed by atoms with Gasteiger partial charge in [0.2, 0.25) is 0 Å². The highest BCUT2D eigenvalue weighted by Gasteiger charge is 2.61. The fourth-order valence-corrected chi connectivity index (χ4v) is 4.42. The van der Waals surface area contributed by atoms with Gasteiger partial charge in [0.1, 0.15) is 0 Å². The predicted octanol–water partition coefficient (Wildman–Crippen LogP) is 3.85. The van der Waals surface area contributed by atoms with Crippen molar-refractivity contribution in [1.82, 2.24) is 5.32 Å². The van der Waals surface area contributed by atoms with Crippen LogP contribution in [0.4, 0.5) is 0 Å². The first-order chi connectivity index (χ1) is 8.86. The normalized spacial score (nSPS) is 39.5. The number of hydrogen-bond acceptors (Lipinski definition) is 2. The third kappa shape index (κ3) is 2.35. The molecule has 0 saturated heterocycles. The minimum atomic E-state index is 0.394. The molecule has 0 heterocycles. The summed E-state index contributed by atoms with van der Waals surface area (Å²) in [5.41, 5.74) is 0.856. The van der Waals surface area contributed by atoms with Crippen LogP contribution in [0, 0.1) is 22.7 Å². The van der Waals surface area contributed by atoms with E-state index in [1.54, 1.807) is 0 Å². The van der Waals surface area contributed by atoms with Crippen LogP contribution < -0.4 is 5.32 Å². The summed E-state index contributed by atoms with van der Waals surface area (Å²) in [7, 11) is 2.06. The van der Waals surface area contributed by atoms with E-state index in [4.69, 9.17) is 4.74 Å². The zero-order chi connectivity index (χ0) is 14.3. The van der Waals surface area contributed by atoms with Crippen molar-refractivity contribution >= 4 is 0 Å². The molecule has 2 rings (SSSR count). The molecule has 2 aliphatic carbocycles. The second kappa shape index (κ2) is 5.37. The molecule has 1 N–H and O–H groups in total. The van der Waals surface area contributed by atoms with Crippen molar-refractivity contribution in [3.8, 4) is 0 Å². The number of ether oxygens (including phenoxy) is 1. The Morgan fingerprint density at radius 1 is 1.32 bits per heavy atom. The van der Waals surface area contributed by atoms with E-state index in [-0.39, 0.29) is 0 Å². The van der Waals surface area contributed by atoms with Crippen molar-refractivity contribution in [2.75, 3.05) is 13.7 Å². The van der Waals surface area contributed by atoms with E-state index in [0.29, 0.717) is 28.9 Å². The summed E-state index contributed by atoms with van der Waals surface area (Å²) in [6.45, 7) is 12.8. The van der Waals surface area contributed by atoms with Crippen molar-refractivity contribution < 1.29 is 4.74 Å². The van der Waals surface area contributed by atoms with Gasteiger partial charge in [-0.15, -0.1) is 0 Å². The SMILES string of the molecule is CCC(C)C(COC1CC2CCC1(C)C2(C)C)NC. The summed E-state index contributed by atoms with van der Waals surface area (Å²) in [5.74, 6) is 1.56. The van der Waals surface area contributed by atoms with Crippen molar-refractivity contribution in [1.29, 1.82) is 0 Å². The first-order valence-electron chi connectivity index (χ1n) is 8.15. The number of nitrogens with one attached hydrogen (secondary N) is 1. The summed E-state index contributed by atoms with van der Waals surface area (Å²) in [4.78, 5) is 0. The van der Waals surface area contributed by atoms with E-state index in [1.165, 1.54) is 25.7 Å². The topological polar surface area (TPSA) is 21.3 Å². The summed E-state index contributed by atoms with van der Waals surface area (Å²) in [6.07, 6.45) is 5.72. The molecule has 112 valence electrons. The fourth-order valence-electron chi connectivity index (χ4n) is 4.42. The first kappa shape index (κ1) is 15.3. The maximum Gasteiger partial charge on any atom is 0.0637 e. The lowest BCUT2D eigenvalue weighted by molar-refractivity contribution is -0.0569. The molecule has 2 fully saturated rings. The molecule has 0 aromatic carbocycles. The van der Waals surface area contributed by atoms with Crippen LogP contribution in [0.2, 0.25) is 0 Å². The van der Waals surface area contributed by atoms with Gasteiger partial charge in [0.05, 0.1) is 12.7 Å². The summed E-state index contributed by atoms with van der Waals surface area (Å²) in [5, 5.41) is 3.43. The van der Waals surface area contributed by atoms with E-state index in [0.717, 1.165) is 12.5 Å². The molecule has 19 heavy (non-hydrogen) atoms. The minimum absolute atomic E-state index is 0.394. The molecule has 0 radical (unpaired) electrons. The lowest BCUT2D eigenvalue weighted by Gasteiger charge is -2.39. The standard InChI is InChI=1S/C17H33NO/c1-7-12(2)14(18-6)11-19-15-10-13-8-9-17(15,5)16(13,3)4/h12-15,18H,7-11H2,1-6H3. The van der Waals surface area contributed by atoms with Crippen LogP contribution in [0.1, 0.15) is 60.3 Å². The Morgan fingerprint density at radius 3 is 2.42 bits per heavy atom. The smallest absolute Gasteiger partial charge is 0.0637 e. The average molecular weight is 267 g/mol. The van der Waals surface area contributed by atoms with Gasteiger partial charge in [0.25, 0.3) is 0 Å². The third-order valence-corrected chi connectivity index (χ3v) is 6.89. The monoisotopic (exact) mass is 267 g/mol. The van der Waals surface area contributed by atoms with Gasteiger partial charge in [0, 0.05) is 6.04 Å². The van der Waals surface area contributed by atoms with Crippen molar-refractivity contribution in [2.45, 2.75) is 72.4 Å². The maximum absolute atomic E-state index is 6.39. The van der Waals surface area contributed by atoms with Crippen molar-refractivity contribution in [3.05, 3.63) is 0 Å². The summed E-state index contributed by atoms with van der Waals surface area (Å²) < 4.78 is 6.39. The molecule has 0 amide bonds. The number of hydrogen-bond donors (Lipinski definition) is 1. The van der Waals surface area contributed by atoms with Crippen LogP contribution in [-0.2, 0) is 4.74 Å². The van der Waals surface area contributed by atoms with Crippen LogP contribution in [-0.4, -0.2) is 25.8 Å². The molecule has 2 nitrogen and oxygen atoms in total. The zero-order valence-corrected chi connectivity index (χ0v) is 13.8. The van der Waals surface area contributed by atoms with Gasteiger partial charge in [-0.05, 0) is 49.0 Å². The quantitative estimate of drug-likeness (QED) is 0.789. The Labute approximate surface area is 119 Å². The van der Waals surface area contributed by atoms with Crippen molar-refractivity contribution in [2.24, 2.45) is 22.7 Å². The Bertz CT molecular complexity index is 314. The molecule has 2 heteroatoms. The minimum Gasteiger partial charge on any atom is -0.376 e. The highest BCUT2D eigenvalue weighted by atomic mass is 16.5. The van der Waals surface area contributed by atoms with Gasteiger partial charge in [-0.3, -0.25) is 0 Å². The molecule has 0 spiro atoms. The molecular weight excluding hydrogens is 234 g/mol. The molecule has 2 aliphatic rings. The Balaban J connectivity index is 1.95. The highest BCUT2D eigenvalue weighted by molar-refractivity contribution is 5.11. The van der Waals surface area contributed by atoms with Gasteiger partial charge in [-0.2, -0.15) is 0 Å². The number of fused-ring (bicyclic) bond motifs is 2. The Morgan fingerprint density at radius 2 is 2.00 bits per heavy atom. The molecule has 0 aliphatic heterocycles. The second-order valence-electron chi connectivity index (χ2n) is 7.71. The summed E-state index contributed by atoms with van der Waals surface area (Å²) in [6, 6.07) is 0.496. The van der Waals surface area contributed by atoms with Gasteiger partial charge in [-0.25, -0.2) is 0 Å². The van der Waals surface area contributed by atoms with Crippen LogP contribution >= 0.6 is 0 Å². The molecular formula is C17H33NO. The van der Waals surface area contributed by atoms with E-state index in [9.17, 15) is 0 Å². The average Bonchev–Trinajstić information content (AvgIpc) is 2.71. The van der Waals surface area contributed by atoms with Crippen LogP contribution in [0.3, 0.4) is 0 Å². The third-order valence-electron chi connectivity index (χ3n) is 6.89. The van der Waals surface area contributed by atoms with Gasteiger partial charge in [-0.1, -0.05) is 41.0 Å².